The van der Waals surface area contributed by atoms with E-state index in [0.717, 1.165) is 18.2 Å². The molecule has 0 aromatic carbocycles. The Balaban J connectivity index is 2.41. The minimum Gasteiger partial charge on any atom is -0.300 e. The lowest BCUT2D eigenvalue weighted by atomic mass is 10.1. The predicted molar refractivity (Wildman–Crippen MR) is 52.4 cm³/mol. The standard InChI is InChI=1S/C11H14FNO/c1-2-3-11(14)5-4-9-6-10(12)8-13-7-9/h6-8H,2-5H2,1H3. The average Bonchev–Trinajstić information content (AvgIpc) is 2.15. The second-order valence-corrected chi connectivity index (χ2v) is 3.30. The van der Waals surface area contributed by atoms with Gasteiger partial charge in [0.05, 0.1) is 6.20 Å². The lowest BCUT2D eigenvalue weighted by Crippen LogP contribution is -1.99. The molecule has 2 nitrogen and oxygen atoms in total. The van der Waals surface area contributed by atoms with Crippen molar-refractivity contribution >= 4 is 5.78 Å². The summed E-state index contributed by atoms with van der Waals surface area (Å²) >= 11 is 0. The van der Waals surface area contributed by atoms with Crippen LogP contribution in [0.2, 0.25) is 0 Å². The molecule has 1 rings (SSSR count). The van der Waals surface area contributed by atoms with Crippen molar-refractivity contribution in [2.75, 3.05) is 0 Å². The molecule has 76 valence electrons. The number of ketones is 1. The van der Waals surface area contributed by atoms with Crippen molar-refractivity contribution in [1.82, 2.24) is 4.98 Å². The molecule has 0 unspecified atom stereocenters. The molecule has 0 saturated heterocycles. The number of rotatable bonds is 5. The molecule has 1 heterocycles. The minimum atomic E-state index is -0.342. The first kappa shape index (κ1) is 10.8. The van der Waals surface area contributed by atoms with Crippen molar-refractivity contribution in [3.8, 4) is 0 Å². The van der Waals surface area contributed by atoms with E-state index in [1.54, 1.807) is 6.20 Å². The topological polar surface area (TPSA) is 30.0 Å². The third-order valence-electron chi connectivity index (χ3n) is 1.98. The zero-order chi connectivity index (χ0) is 10.4. The Hall–Kier alpha value is -1.25. The summed E-state index contributed by atoms with van der Waals surface area (Å²) in [4.78, 5) is 14.9. The summed E-state index contributed by atoms with van der Waals surface area (Å²) in [5.41, 5.74) is 0.787. The van der Waals surface area contributed by atoms with Crippen LogP contribution in [0, 0.1) is 5.82 Å². The maximum Gasteiger partial charge on any atom is 0.141 e. The highest BCUT2D eigenvalue weighted by Crippen LogP contribution is 2.05. The lowest BCUT2D eigenvalue weighted by Gasteiger charge is -1.99. The molecular weight excluding hydrogens is 181 g/mol. The van der Waals surface area contributed by atoms with Crippen LogP contribution in [0.1, 0.15) is 31.7 Å². The molecule has 0 saturated carbocycles. The van der Waals surface area contributed by atoms with Gasteiger partial charge >= 0.3 is 0 Å². The molecule has 0 N–H and O–H groups in total. The third kappa shape index (κ3) is 3.64. The summed E-state index contributed by atoms with van der Waals surface area (Å²) in [5.74, 6) is -0.109. The van der Waals surface area contributed by atoms with Gasteiger partial charge in [-0.25, -0.2) is 4.39 Å². The van der Waals surface area contributed by atoms with E-state index in [0.29, 0.717) is 19.3 Å². The van der Waals surface area contributed by atoms with Gasteiger partial charge in [0.1, 0.15) is 11.6 Å². The quantitative estimate of drug-likeness (QED) is 0.722. The fourth-order valence-electron chi connectivity index (χ4n) is 1.28. The van der Waals surface area contributed by atoms with Gasteiger partial charge in [-0.05, 0) is 24.5 Å². The van der Waals surface area contributed by atoms with E-state index in [2.05, 4.69) is 4.98 Å². The Bertz CT molecular complexity index is 312. The fourth-order valence-corrected chi connectivity index (χ4v) is 1.28. The third-order valence-corrected chi connectivity index (χ3v) is 1.98. The summed E-state index contributed by atoms with van der Waals surface area (Å²) < 4.78 is 12.7. The van der Waals surface area contributed by atoms with Crippen LogP contribution in [0.4, 0.5) is 4.39 Å². The van der Waals surface area contributed by atoms with Crippen molar-refractivity contribution in [2.24, 2.45) is 0 Å². The smallest absolute Gasteiger partial charge is 0.141 e. The van der Waals surface area contributed by atoms with E-state index in [1.807, 2.05) is 6.92 Å². The number of hydrogen-bond donors (Lipinski definition) is 0. The summed E-state index contributed by atoms with van der Waals surface area (Å²) in [7, 11) is 0. The molecular formula is C11H14FNO. The highest BCUT2D eigenvalue weighted by atomic mass is 19.1. The predicted octanol–water partition coefficient (Wildman–Crippen LogP) is 2.52. The van der Waals surface area contributed by atoms with Gasteiger partial charge in [-0.15, -0.1) is 0 Å². The van der Waals surface area contributed by atoms with Gasteiger partial charge in [0, 0.05) is 19.0 Å². The van der Waals surface area contributed by atoms with E-state index in [9.17, 15) is 9.18 Å². The molecule has 0 bridgehead atoms. The Kier molecular flexibility index (Phi) is 4.23. The molecule has 0 aliphatic heterocycles. The SMILES string of the molecule is CCCC(=O)CCc1cncc(F)c1. The summed E-state index contributed by atoms with van der Waals surface area (Å²) in [6, 6.07) is 1.42. The first-order chi connectivity index (χ1) is 6.72. The van der Waals surface area contributed by atoms with Crippen LogP contribution in [-0.4, -0.2) is 10.8 Å². The van der Waals surface area contributed by atoms with Crippen molar-refractivity contribution in [1.29, 1.82) is 0 Å². The first-order valence-electron chi connectivity index (χ1n) is 4.83. The van der Waals surface area contributed by atoms with Crippen LogP contribution in [-0.2, 0) is 11.2 Å². The molecule has 1 aromatic heterocycles. The molecule has 0 fully saturated rings. The normalized spacial score (nSPS) is 10.1. The number of Topliss-reactive ketones (excluding diaryl/α,β-unsaturated/α-hetero) is 1. The van der Waals surface area contributed by atoms with Crippen molar-refractivity contribution in [3.63, 3.8) is 0 Å². The Morgan fingerprint density at radius 2 is 2.21 bits per heavy atom. The Labute approximate surface area is 83.2 Å². The zero-order valence-corrected chi connectivity index (χ0v) is 8.29. The molecule has 14 heavy (non-hydrogen) atoms. The van der Waals surface area contributed by atoms with E-state index in [-0.39, 0.29) is 11.6 Å². The highest BCUT2D eigenvalue weighted by molar-refractivity contribution is 5.78. The summed E-state index contributed by atoms with van der Waals surface area (Å²) in [5, 5.41) is 0. The monoisotopic (exact) mass is 195 g/mol. The number of nitrogens with zero attached hydrogens (tertiary/aromatic N) is 1. The van der Waals surface area contributed by atoms with E-state index >= 15 is 0 Å². The molecule has 3 heteroatoms. The second kappa shape index (κ2) is 5.47. The number of hydrogen-bond acceptors (Lipinski definition) is 2. The maximum atomic E-state index is 12.7. The van der Waals surface area contributed by atoms with Gasteiger partial charge in [0.15, 0.2) is 0 Å². The zero-order valence-electron chi connectivity index (χ0n) is 8.29. The number of carbonyl (C=O) groups is 1. The summed E-state index contributed by atoms with van der Waals surface area (Å²) in [6.07, 6.45) is 5.32. The van der Waals surface area contributed by atoms with Crippen LogP contribution in [0.15, 0.2) is 18.5 Å². The van der Waals surface area contributed by atoms with Crippen molar-refractivity contribution in [2.45, 2.75) is 32.6 Å². The number of pyridine rings is 1. The molecule has 0 aliphatic carbocycles. The van der Waals surface area contributed by atoms with Gasteiger partial charge in [0.2, 0.25) is 0 Å². The Morgan fingerprint density at radius 1 is 1.43 bits per heavy atom. The van der Waals surface area contributed by atoms with Crippen LogP contribution >= 0.6 is 0 Å². The van der Waals surface area contributed by atoms with Crippen molar-refractivity contribution in [3.05, 3.63) is 29.8 Å². The van der Waals surface area contributed by atoms with E-state index < -0.39 is 0 Å². The summed E-state index contributed by atoms with van der Waals surface area (Å²) in [6.45, 7) is 1.97. The van der Waals surface area contributed by atoms with Crippen LogP contribution in [0.5, 0.6) is 0 Å². The number of halogens is 1. The van der Waals surface area contributed by atoms with E-state index in [1.165, 1.54) is 6.07 Å². The van der Waals surface area contributed by atoms with Crippen LogP contribution in [0.25, 0.3) is 0 Å². The number of carbonyl (C=O) groups excluding carboxylic acids is 1. The molecule has 0 atom stereocenters. The van der Waals surface area contributed by atoms with Gasteiger partial charge in [0.25, 0.3) is 0 Å². The maximum absolute atomic E-state index is 12.7. The Morgan fingerprint density at radius 3 is 2.86 bits per heavy atom. The van der Waals surface area contributed by atoms with Crippen molar-refractivity contribution < 1.29 is 9.18 Å². The largest absolute Gasteiger partial charge is 0.300 e. The fraction of sp³-hybridized carbons (Fsp3) is 0.455. The molecule has 1 aromatic rings. The van der Waals surface area contributed by atoms with Crippen LogP contribution in [0.3, 0.4) is 0 Å². The number of aryl methyl sites for hydroxylation is 1. The molecule has 0 amide bonds. The molecule has 0 radical (unpaired) electrons. The van der Waals surface area contributed by atoms with Gasteiger partial charge in [-0.3, -0.25) is 9.78 Å². The van der Waals surface area contributed by atoms with Gasteiger partial charge in [-0.2, -0.15) is 0 Å². The van der Waals surface area contributed by atoms with Crippen LogP contribution < -0.4 is 0 Å². The van der Waals surface area contributed by atoms with Gasteiger partial charge in [-0.1, -0.05) is 6.92 Å². The average molecular weight is 195 g/mol. The number of aromatic nitrogens is 1. The minimum absolute atomic E-state index is 0.233. The van der Waals surface area contributed by atoms with Gasteiger partial charge < -0.3 is 0 Å². The first-order valence-corrected chi connectivity index (χ1v) is 4.83. The second-order valence-electron chi connectivity index (χ2n) is 3.30. The molecule has 0 aliphatic rings. The highest BCUT2D eigenvalue weighted by Gasteiger charge is 2.02. The lowest BCUT2D eigenvalue weighted by molar-refractivity contribution is -0.119. The van der Waals surface area contributed by atoms with E-state index in [4.69, 9.17) is 0 Å². The molecule has 0 spiro atoms.